The van der Waals surface area contributed by atoms with Gasteiger partial charge >= 0.3 is 0 Å². The van der Waals surface area contributed by atoms with Gasteiger partial charge in [0.15, 0.2) is 0 Å². The Labute approximate surface area is 120 Å². The smallest absolute Gasteiger partial charge is 0.0672 e. The first kappa shape index (κ1) is 16.2. The Hall–Kier alpha value is -0.870. The SMILES string of the molecule is C=C(C)COCCNC(CN)c1ccc(C)c(Cl)c1. The van der Waals surface area contributed by atoms with E-state index in [9.17, 15) is 0 Å². The molecular weight excluding hydrogens is 260 g/mol. The second-order valence-electron chi connectivity index (χ2n) is 4.76. The van der Waals surface area contributed by atoms with Crippen molar-refractivity contribution in [1.29, 1.82) is 0 Å². The van der Waals surface area contributed by atoms with Gasteiger partial charge in [0.2, 0.25) is 0 Å². The molecule has 3 nitrogen and oxygen atoms in total. The minimum Gasteiger partial charge on any atom is -0.376 e. The summed E-state index contributed by atoms with van der Waals surface area (Å²) in [6.07, 6.45) is 0. The lowest BCUT2D eigenvalue weighted by atomic mass is 10.1. The molecule has 1 aromatic carbocycles. The molecule has 0 aliphatic rings. The standard InChI is InChI=1S/C15H23ClN2O/c1-11(2)10-19-7-6-18-15(9-17)13-5-4-12(3)14(16)8-13/h4-5,8,15,18H,1,6-7,9-10,17H2,2-3H3. The third-order valence-electron chi connectivity index (χ3n) is 2.82. The summed E-state index contributed by atoms with van der Waals surface area (Å²) in [6.45, 7) is 10.2. The molecule has 0 radical (unpaired) electrons. The lowest BCUT2D eigenvalue weighted by Crippen LogP contribution is -2.31. The first-order valence-electron chi connectivity index (χ1n) is 6.46. The quantitative estimate of drug-likeness (QED) is 0.569. The molecule has 0 spiro atoms. The third-order valence-corrected chi connectivity index (χ3v) is 3.23. The second-order valence-corrected chi connectivity index (χ2v) is 5.17. The van der Waals surface area contributed by atoms with Crippen LogP contribution in [-0.4, -0.2) is 26.3 Å². The Morgan fingerprint density at radius 1 is 1.53 bits per heavy atom. The maximum atomic E-state index is 6.13. The predicted molar refractivity (Wildman–Crippen MR) is 81.6 cm³/mol. The van der Waals surface area contributed by atoms with E-state index in [1.54, 1.807) is 0 Å². The molecule has 0 aliphatic heterocycles. The number of nitrogens with two attached hydrogens (primary N) is 1. The van der Waals surface area contributed by atoms with Gasteiger partial charge in [0.05, 0.1) is 13.2 Å². The molecule has 3 N–H and O–H groups in total. The van der Waals surface area contributed by atoms with E-state index in [-0.39, 0.29) is 6.04 Å². The summed E-state index contributed by atoms with van der Waals surface area (Å²) in [7, 11) is 0. The lowest BCUT2D eigenvalue weighted by molar-refractivity contribution is 0.155. The van der Waals surface area contributed by atoms with E-state index >= 15 is 0 Å². The van der Waals surface area contributed by atoms with Crippen molar-refractivity contribution in [3.8, 4) is 0 Å². The number of hydrogen-bond acceptors (Lipinski definition) is 3. The molecule has 0 amide bonds. The Bertz CT molecular complexity index is 421. The maximum Gasteiger partial charge on any atom is 0.0672 e. The number of rotatable bonds is 8. The van der Waals surface area contributed by atoms with Gasteiger partial charge in [0, 0.05) is 24.2 Å². The number of benzene rings is 1. The van der Waals surface area contributed by atoms with Crippen LogP contribution in [0.3, 0.4) is 0 Å². The third kappa shape index (κ3) is 5.74. The van der Waals surface area contributed by atoms with Crippen molar-refractivity contribution in [3.63, 3.8) is 0 Å². The van der Waals surface area contributed by atoms with Crippen LogP contribution in [-0.2, 0) is 4.74 Å². The van der Waals surface area contributed by atoms with Gasteiger partial charge in [-0.15, -0.1) is 0 Å². The molecule has 0 heterocycles. The van der Waals surface area contributed by atoms with Crippen LogP contribution >= 0.6 is 11.6 Å². The van der Waals surface area contributed by atoms with Crippen molar-refractivity contribution in [2.24, 2.45) is 5.73 Å². The van der Waals surface area contributed by atoms with Crippen molar-refractivity contribution >= 4 is 11.6 Å². The summed E-state index contributed by atoms with van der Waals surface area (Å²) in [5, 5.41) is 4.14. The van der Waals surface area contributed by atoms with Crippen LogP contribution in [0.25, 0.3) is 0 Å². The van der Waals surface area contributed by atoms with Crippen LogP contribution in [0.2, 0.25) is 5.02 Å². The van der Waals surface area contributed by atoms with Gasteiger partial charge in [0.25, 0.3) is 0 Å². The normalized spacial score (nSPS) is 12.4. The summed E-state index contributed by atoms with van der Waals surface area (Å²) in [5.74, 6) is 0. The van der Waals surface area contributed by atoms with Crippen LogP contribution in [0.1, 0.15) is 24.1 Å². The van der Waals surface area contributed by atoms with Crippen LogP contribution in [0.4, 0.5) is 0 Å². The molecule has 1 rings (SSSR count). The molecule has 0 saturated heterocycles. The zero-order valence-electron chi connectivity index (χ0n) is 11.7. The van der Waals surface area contributed by atoms with E-state index in [1.165, 1.54) is 0 Å². The summed E-state index contributed by atoms with van der Waals surface area (Å²) in [4.78, 5) is 0. The summed E-state index contributed by atoms with van der Waals surface area (Å²) in [5.41, 5.74) is 9.01. The first-order valence-corrected chi connectivity index (χ1v) is 6.84. The minimum atomic E-state index is 0.103. The predicted octanol–water partition coefficient (Wildman–Crippen LogP) is 2.83. The highest BCUT2D eigenvalue weighted by Gasteiger charge is 2.09. The van der Waals surface area contributed by atoms with E-state index in [2.05, 4.69) is 18.0 Å². The zero-order chi connectivity index (χ0) is 14.3. The van der Waals surface area contributed by atoms with Crippen molar-refractivity contribution in [2.45, 2.75) is 19.9 Å². The van der Waals surface area contributed by atoms with Crippen LogP contribution in [0.15, 0.2) is 30.4 Å². The monoisotopic (exact) mass is 282 g/mol. The Morgan fingerprint density at radius 2 is 2.26 bits per heavy atom. The maximum absolute atomic E-state index is 6.13. The molecule has 1 unspecified atom stereocenters. The number of halogens is 1. The highest BCUT2D eigenvalue weighted by atomic mass is 35.5. The van der Waals surface area contributed by atoms with Crippen molar-refractivity contribution in [1.82, 2.24) is 5.32 Å². The molecule has 0 fully saturated rings. The van der Waals surface area contributed by atoms with Crippen LogP contribution in [0.5, 0.6) is 0 Å². The molecule has 1 aromatic rings. The Morgan fingerprint density at radius 3 is 2.84 bits per heavy atom. The van der Waals surface area contributed by atoms with E-state index in [0.717, 1.165) is 28.3 Å². The zero-order valence-corrected chi connectivity index (χ0v) is 12.5. The molecule has 106 valence electrons. The average Bonchev–Trinajstić information content (AvgIpc) is 2.37. The fraction of sp³-hybridized carbons (Fsp3) is 0.467. The molecule has 19 heavy (non-hydrogen) atoms. The molecule has 4 heteroatoms. The largest absolute Gasteiger partial charge is 0.376 e. The van der Waals surface area contributed by atoms with Crippen LogP contribution < -0.4 is 11.1 Å². The Balaban J connectivity index is 2.44. The van der Waals surface area contributed by atoms with Crippen LogP contribution in [0, 0.1) is 6.92 Å². The summed E-state index contributed by atoms with van der Waals surface area (Å²) in [6, 6.07) is 6.14. The molecule has 0 bridgehead atoms. The van der Waals surface area contributed by atoms with E-state index in [4.69, 9.17) is 22.1 Å². The van der Waals surface area contributed by atoms with Gasteiger partial charge < -0.3 is 15.8 Å². The second kappa shape index (κ2) is 8.33. The van der Waals surface area contributed by atoms with Gasteiger partial charge in [-0.1, -0.05) is 35.9 Å². The number of hydrogen-bond donors (Lipinski definition) is 2. The highest BCUT2D eigenvalue weighted by molar-refractivity contribution is 6.31. The first-order chi connectivity index (χ1) is 9.04. The summed E-state index contributed by atoms with van der Waals surface area (Å²) < 4.78 is 5.44. The van der Waals surface area contributed by atoms with Crippen molar-refractivity contribution in [2.75, 3.05) is 26.3 Å². The van der Waals surface area contributed by atoms with Gasteiger partial charge in [-0.2, -0.15) is 0 Å². The Kier molecular flexibility index (Phi) is 7.10. The van der Waals surface area contributed by atoms with E-state index < -0.39 is 0 Å². The minimum absolute atomic E-state index is 0.103. The molecule has 0 aromatic heterocycles. The lowest BCUT2D eigenvalue weighted by Gasteiger charge is -2.18. The van der Waals surface area contributed by atoms with E-state index in [1.807, 2.05) is 26.0 Å². The van der Waals surface area contributed by atoms with Gasteiger partial charge in [-0.3, -0.25) is 0 Å². The fourth-order valence-electron chi connectivity index (χ4n) is 1.71. The molecular formula is C15H23ClN2O. The van der Waals surface area contributed by atoms with E-state index in [0.29, 0.717) is 19.8 Å². The van der Waals surface area contributed by atoms with Gasteiger partial charge in [-0.25, -0.2) is 0 Å². The molecule has 1 atom stereocenters. The highest BCUT2D eigenvalue weighted by Crippen LogP contribution is 2.20. The fourth-order valence-corrected chi connectivity index (χ4v) is 1.90. The van der Waals surface area contributed by atoms with Crippen molar-refractivity contribution < 1.29 is 4.74 Å². The van der Waals surface area contributed by atoms with Gasteiger partial charge in [0.1, 0.15) is 0 Å². The number of aryl methyl sites for hydroxylation is 1. The topological polar surface area (TPSA) is 47.3 Å². The average molecular weight is 283 g/mol. The summed E-state index contributed by atoms with van der Waals surface area (Å²) >= 11 is 6.13. The van der Waals surface area contributed by atoms with Crippen molar-refractivity contribution in [3.05, 3.63) is 46.5 Å². The van der Waals surface area contributed by atoms with Gasteiger partial charge in [-0.05, 0) is 31.0 Å². The molecule has 0 aliphatic carbocycles. The number of nitrogens with one attached hydrogen (secondary N) is 1. The number of ether oxygens (including phenoxy) is 1. The molecule has 0 saturated carbocycles.